The molecule has 2 rings (SSSR count). The van der Waals surface area contributed by atoms with Gasteiger partial charge in [-0.25, -0.2) is 0 Å². The molecule has 0 unspecified atom stereocenters. The number of rotatable bonds is 5. The lowest BCUT2D eigenvalue weighted by atomic mass is 10.0. The Labute approximate surface area is 104 Å². The maximum absolute atomic E-state index is 9.67. The van der Waals surface area contributed by atoms with Crippen LogP contribution in [0.2, 0.25) is 0 Å². The zero-order valence-corrected chi connectivity index (χ0v) is 10.4. The van der Waals surface area contributed by atoms with E-state index in [4.69, 9.17) is 0 Å². The molecule has 1 N–H and O–H groups in total. The van der Waals surface area contributed by atoms with Gasteiger partial charge in [-0.05, 0) is 37.7 Å². The van der Waals surface area contributed by atoms with E-state index in [1.807, 2.05) is 0 Å². The number of benzene rings is 1. The van der Waals surface area contributed by atoms with Crippen LogP contribution in [0.3, 0.4) is 0 Å². The predicted molar refractivity (Wildman–Crippen MR) is 71.9 cm³/mol. The molecule has 1 saturated carbocycles. The van der Waals surface area contributed by atoms with E-state index >= 15 is 0 Å². The van der Waals surface area contributed by atoms with Crippen molar-refractivity contribution >= 4 is 0 Å². The molecule has 0 aromatic heterocycles. The van der Waals surface area contributed by atoms with Gasteiger partial charge in [0.05, 0.1) is 6.10 Å². The largest absolute Gasteiger partial charge is 0.393 e. The van der Waals surface area contributed by atoms with Crippen LogP contribution in [-0.4, -0.2) is 11.2 Å². The molecule has 17 heavy (non-hydrogen) atoms. The smallest absolute Gasteiger partial charge is 0.0602 e. The number of hydrogen-bond acceptors (Lipinski definition) is 1. The van der Waals surface area contributed by atoms with Crippen molar-refractivity contribution < 1.29 is 5.11 Å². The van der Waals surface area contributed by atoms with Crippen molar-refractivity contribution in [2.75, 3.05) is 0 Å². The molecule has 1 aliphatic carbocycles. The monoisotopic (exact) mass is 230 g/mol. The molecule has 0 radical (unpaired) electrons. The summed E-state index contributed by atoms with van der Waals surface area (Å²) in [6.45, 7) is 0. The fraction of sp³-hybridized carbons (Fsp3) is 0.500. The Kier molecular flexibility index (Phi) is 4.81. The Morgan fingerprint density at radius 2 is 2.00 bits per heavy atom. The Bertz CT molecular complexity index is 342. The van der Waals surface area contributed by atoms with Crippen LogP contribution in [0.25, 0.3) is 0 Å². The second-order valence-corrected chi connectivity index (χ2v) is 4.97. The molecule has 92 valence electrons. The van der Waals surface area contributed by atoms with Gasteiger partial charge in [-0.3, -0.25) is 0 Å². The van der Waals surface area contributed by atoms with Gasteiger partial charge in [0.15, 0.2) is 0 Å². The van der Waals surface area contributed by atoms with Gasteiger partial charge in [0.1, 0.15) is 0 Å². The summed E-state index contributed by atoms with van der Waals surface area (Å²) in [5.41, 5.74) is 1.42. The van der Waals surface area contributed by atoms with Gasteiger partial charge in [-0.15, -0.1) is 0 Å². The second kappa shape index (κ2) is 6.61. The van der Waals surface area contributed by atoms with Crippen LogP contribution in [0.1, 0.15) is 37.7 Å². The molecule has 1 heteroatoms. The highest BCUT2D eigenvalue weighted by atomic mass is 16.3. The summed E-state index contributed by atoms with van der Waals surface area (Å²) in [4.78, 5) is 0. The van der Waals surface area contributed by atoms with Crippen LogP contribution in [0.4, 0.5) is 0 Å². The van der Waals surface area contributed by atoms with Gasteiger partial charge in [0.2, 0.25) is 0 Å². The van der Waals surface area contributed by atoms with Crippen molar-refractivity contribution in [2.45, 2.75) is 44.6 Å². The van der Waals surface area contributed by atoms with Crippen molar-refractivity contribution in [3.63, 3.8) is 0 Å². The third kappa shape index (κ3) is 4.01. The summed E-state index contributed by atoms with van der Waals surface area (Å²) >= 11 is 0. The summed E-state index contributed by atoms with van der Waals surface area (Å²) in [5, 5.41) is 9.67. The molecule has 2 atom stereocenters. The van der Waals surface area contributed by atoms with Crippen LogP contribution >= 0.6 is 0 Å². The molecule has 0 amide bonds. The Morgan fingerprint density at radius 3 is 2.71 bits per heavy atom. The highest BCUT2D eigenvalue weighted by Gasteiger charge is 2.21. The van der Waals surface area contributed by atoms with Gasteiger partial charge in [0.25, 0.3) is 0 Å². The van der Waals surface area contributed by atoms with E-state index in [2.05, 4.69) is 42.5 Å². The minimum Gasteiger partial charge on any atom is -0.393 e. The lowest BCUT2D eigenvalue weighted by Crippen LogP contribution is -2.09. The predicted octanol–water partition coefficient (Wildman–Crippen LogP) is 3.73. The Hall–Kier alpha value is -1.08. The van der Waals surface area contributed by atoms with E-state index in [0.717, 1.165) is 25.7 Å². The number of unbranched alkanes of at least 4 members (excludes halogenated alkanes) is 1. The fourth-order valence-corrected chi connectivity index (χ4v) is 2.53. The summed E-state index contributed by atoms with van der Waals surface area (Å²) in [6.07, 6.45) is 11.2. The maximum atomic E-state index is 9.67. The first kappa shape index (κ1) is 12.4. The number of allylic oxidation sites excluding steroid dienone is 1. The molecule has 0 saturated heterocycles. The maximum Gasteiger partial charge on any atom is 0.0602 e. The van der Waals surface area contributed by atoms with Crippen molar-refractivity contribution in [1.82, 2.24) is 0 Å². The third-order valence-electron chi connectivity index (χ3n) is 3.59. The molecule has 1 aromatic carbocycles. The molecule has 0 heterocycles. The number of aliphatic hydroxyl groups is 1. The van der Waals surface area contributed by atoms with Crippen LogP contribution in [0, 0.1) is 5.92 Å². The number of hydrogen-bond donors (Lipinski definition) is 1. The standard InChI is InChI=1S/C16H22O/c17-16-13-7-12-15(16)11-6-2-5-10-14-8-3-1-4-9-14/h1,3-4,6,8-9,11,15-17H,2,5,7,10,12-13H2/b11-6+/t15-,16-/m1/s1. The topological polar surface area (TPSA) is 20.2 Å². The first-order valence-electron chi connectivity index (χ1n) is 6.75. The first-order chi connectivity index (χ1) is 8.36. The van der Waals surface area contributed by atoms with Crippen LogP contribution in [0.15, 0.2) is 42.5 Å². The van der Waals surface area contributed by atoms with E-state index in [0.29, 0.717) is 5.92 Å². The average molecular weight is 230 g/mol. The zero-order chi connectivity index (χ0) is 11.9. The van der Waals surface area contributed by atoms with Gasteiger partial charge in [-0.2, -0.15) is 0 Å². The molecule has 1 aliphatic rings. The molecule has 1 aromatic rings. The van der Waals surface area contributed by atoms with Crippen molar-refractivity contribution in [1.29, 1.82) is 0 Å². The third-order valence-corrected chi connectivity index (χ3v) is 3.59. The van der Waals surface area contributed by atoms with Gasteiger partial charge < -0.3 is 5.11 Å². The van der Waals surface area contributed by atoms with E-state index < -0.39 is 0 Å². The highest BCUT2D eigenvalue weighted by Crippen LogP contribution is 2.26. The molecular weight excluding hydrogens is 208 g/mol. The van der Waals surface area contributed by atoms with Crippen LogP contribution in [0.5, 0.6) is 0 Å². The Morgan fingerprint density at radius 1 is 1.18 bits per heavy atom. The fourth-order valence-electron chi connectivity index (χ4n) is 2.53. The molecule has 1 fully saturated rings. The van der Waals surface area contributed by atoms with Crippen molar-refractivity contribution in [2.24, 2.45) is 5.92 Å². The summed E-state index contributed by atoms with van der Waals surface area (Å²) in [5.74, 6) is 0.423. The highest BCUT2D eigenvalue weighted by molar-refractivity contribution is 5.14. The van der Waals surface area contributed by atoms with Crippen LogP contribution in [-0.2, 0) is 6.42 Å². The molecule has 0 spiro atoms. The van der Waals surface area contributed by atoms with Crippen LogP contribution < -0.4 is 0 Å². The number of aryl methyl sites for hydroxylation is 1. The van der Waals surface area contributed by atoms with Crippen molar-refractivity contribution in [3.05, 3.63) is 48.0 Å². The molecule has 0 aliphatic heterocycles. The van der Waals surface area contributed by atoms with Gasteiger partial charge >= 0.3 is 0 Å². The van der Waals surface area contributed by atoms with E-state index in [1.54, 1.807) is 0 Å². The lowest BCUT2D eigenvalue weighted by molar-refractivity contribution is 0.153. The number of aliphatic hydroxyl groups excluding tert-OH is 1. The van der Waals surface area contributed by atoms with Gasteiger partial charge in [0, 0.05) is 5.92 Å². The molecule has 1 nitrogen and oxygen atoms in total. The van der Waals surface area contributed by atoms with E-state index in [1.165, 1.54) is 18.4 Å². The molecular formula is C16H22O. The Balaban J connectivity index is 1.64. The molecule has 0 bridgehead atoms. The van der Waals surface area contributed by atoms with E-state index in [-0.39, 0.29) is 6.10 Å². The zero-order valence-electron chi connectivity index (χ0n) is 10.4. The normalized spacial score (nSPS) is 24.5. The minimum atomic E-state index is -0.0830. The summed E-state index contributed by atoms with van der Waals surface area (Å²) in [6, 6.07) is 10.6. The average Bonchev–Trinajstić information content (AvgIpc) is 2.76. The first-order valence-corrected chi connectivity index (χ1v) is 6.75. The van der Waals surface area contributed by atoms with Gasteiger partial charge in [-0.1, -0.05) is 48.9 Å². The SMILES string of the molecule is O[C@@H]1CCC[C@H]1/C=C/CCCc1ccccc1. The van der Waals surface area contributed by atoms with E-state index in [9.17, 15) is 5.11 Å². The summed E-state index contributed by atoms with van der Waals surface area (Å²) in [7, 11) is 0. The summed E-state index contributed by atoms with van der Waals surface area (Å²) < 4.78 is 0. The lowest BCUT2D eigenvalue weighted by Gasteiger charge is -2.08. The quantitative estimate of drug-likeness (QED) is 0.603. The minimum absolute atomic E-state index is 0.0830. The van der Waals surface area contributed by atoms with Crippen molar-refractivity contribution in [3.8, 4) is 0 Å². The second-order valence-electron chi connectivity index (χ2n) is 4.97.